The van der Waals surface area contributed by atoms with Gasteiger partial charge in [0.2, 0.25) is 5.91 Å². The van der Waals surface area contributed by atoms with E-state index in [-0.39, 0.29) is 23.4 Å². The molecule has 2 atom stereocenters. The number of nitro groups is 1. The summed E-state index contributed by atoms with van der Waals surface area (Å²) < 4.78 is 0. The molecule has 6 heteroatoms. The number of amides is 1. The maximum Gasteiger partial charge on any atom is 0.270 e. The third-order valence-corrected chi connectivity index (χ3v) is 3.82. The van der Waals surface area contributed by atoms with Crippen LogP contribution in [-0.2, 0) is 4.79 Å². The Labute approximate surface area is 133 Å². The van der Waals surface area contributed by atoms with E-state index in [2.05, 4.69) is 10.5 Å². The van der Waals surface area contributed by atoms with Gasteiger partial charge in [-0.25, -0.2) is 5.43 Å². The van der Waals surface area contributed by atoms with Gasteiger partial charge >= 0.3 is 0 Å². The van der Waals surface area contributed by atoms with Crippen LogP contribution in [0.3, 0.4) is 0 Å². The highest BCUT2D eigenvalue weighted by Crippen LogP contribution is 2.47. The number of rotatable bonds is 5. The van der Waals surface area contributed by atoms with Crippen molar-refractivity contribution in [2.45, 2.75) is 12.3 Å². The quantitative estimate of drug-likeness (QED) is 0.523. The fraction of sp³-hybridized carbons (Fsp3) is 0.176. The Hall–Kier alpha value is -3.02. The summed E-state index contributed by atoms with van der Waals surface area (Å²) in [7, 11) is 0. The van der Waals surface area contributed by atoms with E-state index in [1.165, 1.54) is 18.3 Å². The van der Waals surface area contributed by atoms with Crippen molar-refractivity contribution in [3.8, 4) is 0 Å². The largest absolute Gasteiger partial charge is 0.273 e. The lowest BCUT2D eigenvalue weighted by Gasteiger charge is -2.00. The van der Waals surface area contributed by atoms with Gasteiger partial charge in [-0.1, -0.05) is 42.5 Å². The molecule has 0 radical (unpaired) electrons. The lowest BCUT2D eigenvalue weighted by atomic mass is 10.1. The summed E-state index contributed by atoms with van der Waals surface area (Å²) in [5.74, 6) is 0.0735. The van der Waals surface area contributed by atoms with E-state index >= 15 is 0 Å². The van der Waals surface area contributed by atoms with Crippen LogP contribution in [0.15, 0.2) is 59.7 Å². The highest BCUT2D eigenvalue weighted by molar-refractivity contribution is 5.85. The first-order valence-corrected chi connectivity index (χ1v) is 7.27. The molecule has 1 aliphatic carbocycles. The molecule has 0 spiro atoms. The Bertz CT molecular complexity index is 759. The Kier molecular flexibility index (Phi) is 4.14. The van der Waals surface area contributed by atoms with Gasteiger partial charge in [0.1, 0.15) is 0 Å². The van der Waals surface area contributed by atoms with Crippen LogP contribution in [0.25, 0.3) is 0 Å². The van der Waals surface area contributed by atoms with E-state index in [1.807, 2.05) is 30.3 Å². The normalized spacial score (nSPS) is 19.5. The number of benzene rings is 2. The number of hydrazone groups is 1. The van der Waals surface area contributed by atoms with Gasteiger partial charge in [0, 0.05) is 23.6 Å². The van der Waals surface area contributed by atoms with Gasteiger partial charge in [-0.05, 0) is 17.9 Å². The van der Waals surface area contributed by atoms with Crippen LogP contribution in [0.2, 0.25) is 0 Å². The molecule has 23 heavy (non-hydrogen) atoms. The Morgan fingerprint density at radius 1 is 1.22 bits per heavy atom. The van der Waals surface area contributed by atoms with Gasteiger partial charge in [-0.2, -0.15) is 5.10 Å². The van der Waals surface area contributed by atoms with Gasteiger partial charge < -0.3 is 0 Å². The Balaban J connectivity index is 1.56. The van der Waals surface area contributed by atoms with E-state index in [0.29, 0.717) is 5.56 Å². The highest BCUT2D eigenvalue weighted by atomic mass is 16.6. The molecule has 0 aromatic heterocycles. The Morgan fingerprint density at radius 3 is 2.74 bits per heavy atom. The fourth-order valence-electron chi connectivity index (χ4n) is 2.53. The molecular formula is C17H15N3O3. The van der Waals surface area contributed by atoms with Crippen LogP contribution in [0.1, 0.15) is 23.5 Å². The standard InChI is InChI=1S/C17H15N3O3/c21-17(16-10-15(16)13-6-2-1-3-7-13)19-18-11-12-5-4-8-14(9-12)20(22)23/h1-9,11,15-16H,10H2,(H,19,21). The number of nitro benzene ring substituents is 1. The third kappa shape index (κ3) is 3.60. The van der Waals surface area contributed by atoms with Gasteiger partial charge in [0.15, 0.2) is 0 Å². The van der Waals surface area contributed by atoms with Crippen LogP contribution >= 0.6 is 0 Å². The Morgan fingerprint density at radius 2 is 2.00 bits per heavy atom. The van der Waals surface area contributed by atoms with Crippen molar-refractivity contribution in [3.05, 3.63) is 75.8 Å². The second-order valence-electron chi connectivity index (χ2n) is 5.45. The molecule has 2 unspecified atom stereocenters. The summed E-state index contributed by atoms with van der Waals surface area (Å²) in [6, 6.07) is 16.0. The fourth-order valence-corrected chi connectivity index (χ4v) is 2.53. The zero-order valence-corrected chi connectivity index (χ0v) is 12.3. The molecule has 1 aliphatic rings. The molecule has 6 nitrogen and oxygen atoms in total. The van der Waals surface area contributed by atoms with E-state index in [0.717, 1.165) is 12.0 Å². The maximum absolute atomic E-state index is 12.0. The van der Waals surface area contributed by atoms with Crippen molar-refractivity contribution >= 4 is 17.8 Å². The minimum Gasteiger partial charge on any atom is -0.273 e. The smallest absolute Gasteiger partial charge is 0.270 e. The highest BCUT2D eigenvalue weighted by Gasteiger charge is 2.43. The lowest BCUT2D eigenvalue weighted by molar-refractivity contribution is -0.384. The molecule has 1 fully saturated rings. The molecular weight excluding hydrogens is 294 g/mol. The summed E-state index contributed by atoms with van der Waals surface area (Å²) >= 11 is 0. The van der Waals surface area contributed by atoms with Crippen LogP contribution in [0.4, 0.5) is 5.69 Å². The molecule has 2 aromatic carbocycles. The molecule has 0 saturated heterocycles. The van der Waals surface area contributed by atoms with Gasteiger partial charge in [0.25, 0.3) is 5.69 Å². The maximum atomic E-state index is 12.0. The molecule has 2 aromatic rings. The SMILES string of the molecule is O=C(NN=Cc1cccc([N+](=O)[O-])c1)C1CC1c1ccccc1. The summed E-state index contributed by atoms with van der Waals surface area (Å²) in [5, 5.41) is 14.6. The zero-order valence-electron chi connectivity index (χ0n) is 12.3. The number of hydrogen-bond donors (Lipinski definition) is 1. The second-order valence-corrected chi connectivity index (χ2v) is 5.45. The van der Waals surface area contributed by atoms with Gasteiger partial charge in [0.05, 0.1) is 11.1 Å². The van der Waals surface area contributed by atoms with E-state index < -0.39 is 4.92 Å². The number of nitrogens with one attached hydrogen (secondary N) is 1. The minimum atomic E-state index is -0.468. The third-order valence-electron chi connectivity index (χ3n) is 3.82. The first-order chi connectivity index (χ1) is 11.1. The minimum absolute atomic E-state index is 0.00777. The van der Waals surface area contributed by atoms with Crippen molar-refractivity contribution in [1.29, 1.82) is 0 Å². The molecule has 1 saturated carbocycles. The number of carbonyl (C=O) groups excluding carboxylic acids is 1. The summed E-state index contributed by atoms with van der Waals surface area (Å²) in [5.41, 5.74) is 4.22. The zero-order chi connectivity index (χ0) is 16.2. The van der Waals surface area contributed by atoms with Crippen molar-refractivity contribution < 1.29 is 9.72 Å². The molecule has 1 amide bonds. The van der Waals surface area contributed by atoms with Crippen molar-refractivity contribution in [1.82, 2.24) is 5.43 Å². The van der Waals surface area contributed by atoms with Crippen molar-refractivity contribution in [2.24, 2.45) is 11.0 Å². The van der Waals surface area contributed by atoms with Crippen LogP contribution < -0.4 is 5.43 Å². The van der Waals surface area contributed by atoms with Crippen LogP contribution in [0, 0.1) is 16.0 Å². The van der Waals surface area contributed by atoms with Gasteiger partial charge in [-0.3, -0.25) is 14.9 Å². The molecule has 0 bridgehead atoms. The second kappa shape index (κ2) is 6.39. The number of carbonyl (C=O) groups is 1. The van der Waals surface area contributed by atoms with Crippen molar-refractivity contribution in [2.75, 3.05) is 0 Å². The van der Waals surface area contributed by atoms with Gasteiger partial charge in [-0.15, -0.1) is 0 Å². The molecule has 0 heterocycles. The van der Waals surface area contributed by atoms with Crippen molar-refractivity contribution in [3.63, 3.8) is 0 Å². The summed E-state index contributed by atoms with van der Waals surface area (Å²) in [6.07, 6.45) is 2.23. The molecule has 1 N–H and O–H groups in total. The number of non-ortho nitro benzene ring substituents is 1. The number of nitrogens with zero attached hydrogens (tertiary/aromatic N) is 2. The lowest BCUT2D eigenvalue weighted by Crippen LogP contribution is -2.20. The van der Waals surface area contributed by atoms with E-state index in [1.54, 1.807) is 12.1 Å². The van der Waals surface area contributed by atoms with Crippen LogP contribution in [-0.4, -0.2) is 17.0 Å². The predicted octanol–water partition coefficient (Wildman–Crippen LogP) is 2.85. The average molecular weight is 309 g/mol. The first kappa shape index (κ1) is 14.9. The average Bonchev–Trinajstić information content (AvgIpc) is 3.36. The summed E-state index contributed by atoms with van der Waals surface area (Å²) in [4.78, 5) is 22.2. The van der Waals surface area contributed by atoms with E-state index in [4.69, 9.17) is 0 Å². The molecule has 3 rings (SSSR count). The van der Waals surface area contributed by atoms with Crippen LogP contribution in [0.5, 0.6) is 0 Å². The summed E-state index contributed by atoms with van der Waals surface area (Å²) in [6.45, 7) is 0. The van der Waals surface area contributed by atoms with E-state index in [9.17, 15) is 14.9 Å². The monoisotopic (exact) mass is 309 g/mol. The predicted molar refractivity (Wildman–Crippen MR) is 86.1 cm³/mol. The number of hydrogen-bond acceptors (Lipinski definition) is 4. The topological polar surface area (TPSA) is 84.6 Å². The molecule has 0 aliphatic heterocycles. The molecule has 116 valence electrons. The first-order valence-electron chi connectivity index (χ1n) is 7.27.